The number of hydrogen-bond donors (Lipinski definition) is 2. The third-order valence-electron chi connectivity index (χ3n) is 3.03. The van der Waals surface area contributed by atoms with Crippen LogP contribution < -0.4 is 10.5 Å². The van der Waals surface area contributed by atoms with Gasteiger partial charge in [-0.2, -0.15) is 0 Å². The van der Waals surface area contributed by atoms with E-state index in [-0.39, 0.29) is 18.6 Å². The number of para-hydroxylation sites is 1. The molecule has 0 bridgehead atoms. The van der Waals surface area contributed by atoms with E-state index < -0.39 is 0 Å². The molecule has 3 heteroatoms. The summed E-state index contributed by atoms with van der Waals surface area (Å²) < 4.78 is 5.28. The lowest BCUT2D eigenvalue weighted by Crippen LogP contribution is -2.28. The predicted octanol–water partition coefficient (Wildman–Crippen LogP) is 1.96. The van der Waals surface area contributed by atoms with Gasteiger partial charge in [-0.15, -0.1) is 0 Å². The molecule has 0 spiro atoms. The molecule has 1 rings (SSSR count). The second kappa shape index (κ2) is 5.87. The Labute approximate surface area is 97.2 Å². The number of aliphatic hydroxyl groups is 1. The van der Waals surface area contributed by atoms with Crippen molar-refractivity contribution in [3.8, 4) is 5.75 Å². The summed E-state index contributed by atoms with van der Waals surface area (Å²) in [7, 11) is 1.63. The normalized spacial score (nSPS) is 14.9. The molecule has 3 nitrogen and oxygen atoms in total. The van der Waals surface area contributed by atoms with Crippen LogP contribution in [0.4, 0.5) is 0 Å². The van der Waals surface area contributed by atoms with Gasteiger partial charge in [0.1, 0.15) is 5.75 Å². The molecule has 2 atom stereocenters. The van der Waals surface area contributed by atoms with E-state index in [9.17, 15) is 5.11 Å². The standard InChI is InChI=1S/C13H21NO2/c1-9(2)11(8-15)13(14)10-6-4-5-7-12(10)16-3/h4-7,9,11,13,15H,8,14H2,1-3H3. The average Bonchev–Trinajstić information content (AvgIpc) is 2.29. The fourth-order valence-electron chi connectivity index (χ4n) is 1.91. The van der Waals surface area contributed by atoms with Gasteiger partial charge >= 0.3 is 0 Å². The Morgan fingerprint density at radius 3 is 2.44 bits per heavy atom. The quantitative estimate of drug-likeness (QED) is 0.802. The minimum Gasteiger partial charge on any atom is -0.496 e. The molecule has 0 aliphatic rings. The highest BCUT2D eigenvalue weighted by Crippen LogP contribution is 2.31. The fraction of sp³-hybridized carbons (Fsp3) is 0.538. The van der Waals surface area contributed by atoms with E-state index in [2.05, 4.69) is 13.8 Å². The van der Waals surface area contributed by atoms with Gasteiger partial charge in [0.05, 0.1) is 7.11 Å². The van der Waals surface area contributed by atoms with E-state index in [0.29, 0.717) is 5.92 Å². The maximum Gasteiger partial charge on any atom is 0.123 e. The largest absolute Gasteiger partial charge is 0.496 e. The van der Waals surface area contributed by atoms with E-state index in [1.54, 1.807) is 7.11 Å². The third kappa shape index (κ3) is 2.74. The van der Waals surface area contributed by atoms with Crippen molar-refractivity contribution in [1.82, 2.24) is 0 Å². The summed E-state index contributed by atoms with van der Waals surface area (Å²) >= 11 is 0. The minimum absolute atomic E-state index is 0.0521. The zero-order valence-electron chi connectivity index (χ0n) is 10.2. The zero-order chi connectivity index (χ0) is 12.1. The molecule has 3 N–H and O–H groups in total. The zero-order valence-corrected chi connectivity index (χ0v) is 10.2. The topological polar surface area (TPSA) is 55.5 Å². The summed E-state index contributed by atoms with van der Waals surface area (Å²) in [5, 5.41) is 9.37. The van der Waals surface area contributed by atoms with E-state index in [0.717, 1.165) is 11.3 Å². The maximum atomic E-state index is 9.37. The number of nitrogens with two attached hydrogens (primary N) is 1. The molecule has 90 valence electrons. The first-order valence-corrected chi connectivity index (χ1v) is 5.61. The molecule has 1 aromatic carbocycles. The number of hydrogen-bond acceptors (Lipinski definition) is 3. The van der Waals surface area contributed by atoms with Crippen LogP contribution in [0.15, 0.2) is 24.3 Å². The van der Waals surface area contributed by atoms with Crippen LogP contribution in [0.5, 0.6) is 5.75 Å². The summed E-state index contributed by atoms with van der Waals surface area (Å²) in [5.74, 6) is 1.18. The molecular weight excluding hydrogens is 202 g/mol. The number of rotatable bonds is 5. The van der Waals surface area contributed by atoms with Crippen LogP contribution in [-0.4, -0.2) is 18.8 Å². The summed E-state index contributed by atoms with van der Waals surface area (Å²) in [6.07, 6.45) is 0. The van der Waals surface area contributed by atoms with E-state index >= 15 is 0 Å². The molecule has 0 amide bonds. The van der Waals surface area contributed by atoms with Gasteiger partial charge in [0, 0.05) is 24.1 Å². The first-order valence-electron chi connectivity index (χ1n) is 5.61. The van der Waals surface area contributed by atoms with Crippen molar-refractivity contribution >= 4 is 0 Å². The van der Waals surface area contributed by atoms with E-state index in [1.165, 1.54) is 0 Å². The van der Waals surface area contributed by atoms with Crippen molar-refractivity contribution in [2.75, 3.05) is 13.7 Å². The summed E-state index contributed by atoms with van der Waals surface area (Å²) in [6.45, 7) is 4.23. The second-order valence-corrected chi connectivity index (χ2v) is 4.36. The van der Waals surface area contributed by atoms with Crippen LogP contribution in [0, 0.1) is 11.8 Å². The number of ether oxygens (including phenoxy) is 1. The first kappa shape index (κ1) is 13.0. The van der Waals surface area contributed by atoms with Crippen LogP contribution >= 0.6 is 0 Å². The van der Waals surface area contributed by atoms with Gasteiger partial charge in [-0.25, -0.2) is 0 Å². The van der Waals surface area contributed by atoms with Gasteiger partial charge < -0.3 is 15.6 Å². The Morgan fingerprint density at radius 1 is 1.31 bits per heavy atom. The number of methoxy groups -OCH3 is 1. The molecule has 1 aromatic rings. The van der Waals surface area contributed by atoms with Crippen LogP contribution in [0.2, 0.25) is 0 Å². The molecule has 16 heavy (non-hydrogen) atoms. The number of aliphatic hydroxyl groups excluding tert-OH is 1. The van der Waals surface area contributed by atoms with Crippen LogP contribution in [0.25, 0.3) is 0 Å². The van der Waals surface area contributed by atoms with Gasteiger partial charge in [-0.1, -0.05) is 32.0 Å². The summed E-state index contributed by atoms with van der Waals surface area (Å²) in [6, 6.07) is 7.50. The van der Waals surface area contributed by atoms with Gasteiger partial charge in [0.25, 0.3) is 0 Å². The first-order chi connectivity index (χ1) is 7.61. The summed E-state index contributed by atoms with van der Waals surface area (Å²) in [4.78, 5) is 0. The molecule has 0 saturated heterocycles. The highest BCUT2D eigenvalue weighted by atomic mass is 16.5. The lowest BCUT2D eigenvalue weighted by molar-refractivity contribution is 0.164. The molecule has 0 aliphatic carbocycles. The van der Waals surface area contributed by atoms with Gasteiger partial charge in [-0.05, 0) is 12.0 Å². The second-order valence-electron chi connectivity index (χ2n) is 4.36. The molecule has 2 unspecified atom stereocenters. The van der Waals surface area contributed by atoms with Crippen molar-refractivity contribution in [1.29, 1.82) is 0 Å². The van der Waals surface area contributed by atoms with Gasteiger partial charge in [-0.3, -0.25) is 0 Å². The fourth-order valence-corrected chi connectivity index (χ4v) is 1.91. The van der Waals surface area contributed by atoms with Crippen molar-refractivity contribution in [2.24, 2.45) is 17.6 Å². The molecule has 0 heterocycles. The molecular formula is C13H21NO2. The minimum atomic E-state index is -0.193. The number of benzene rings is 1. The van der Waals surface area contributed by atoms with Crippen molar-refractivity contribution in [3.05, 3.63) is 29.8 Å². The van der Waals surface area contributed by atoms with Crippen LogP contribution in [-0.2, 0) is 0 Å². The average molecular weight is 223 g/mol. The van der Waals surface area contributed by atoms with Gasteiger partial charge in [0.15, 0.2) is 0 Å². The monoisotopic (exact) mass is 223 g/mol. The van der Waals surface area contributed by atoms with E-state index in [1.807, 2.05) is 24.3 Å². The Kier molecular flexibility index (Phi) is 4.77. The lowest BCUT2D eigenvalue weighted by atomic mass is 9.85. The SMILES string of the molecule is COc1ccccc1C(N)C(CO)C(C)C. The smallest absolute Gasteiger partial charge is 0.123 e. The van der Waals surface area contributed by atoms with E-state index in [4.69, 9.17) is 10.5 Å². The molecule has 0 aromatic heterocycles. The molecule has 0 aliphatic heterocycles. The predicted molar refractivity (Wildman–Crippen MR) is 65.3 cm³/mol. The van der Waals surface area contributed by atoms with Crippen LogP contribution in [0.1, 0.15) is 25.5 Å². The van der Waals surface area contributed by atoms with Crippen molar-refractivity contribution in [3.63, 3.8) is 0 Å². The van der Waals surface area contributed by atoms with Crippen molar-refractivity contribution < 1.29 is 9.84 Å². The maximum absolute atomic E-state index is 9.37. The molecule has 0 saturated carbocycles. The van der Waals surface area contributed by atoms with Gasteiger partial charge in [0.2, 0.25) is 0 Å². The lowest BCUT2D eigenvalue weighted by Gasteiger charge is -2.26. The third-order valence-corrected chi connectivity index (χ3v) is 3.03. The Hall–Kier alpha value is -1.06. The summed E-state index contributed by atoms with van der Waals surface area (Å²) in [5.41, 5.74) is 7.14. The molecule has 0 fully saturated rings. The Morgan fingerprint density at radius 2 is 1.94 bits per heavy atom. The van der Waals surface area contributed by atoms with Crippen LogP contribution in [0.3, 0.4) is 0 Å². The Balaban J connectivity index is 2.98. The van der Waals surface area contributed by atoms with Crippen molar-refractivity contribution in [2.45, 2.75) is 19.9 Å². The Bertz CT molecular complexity index is 325. The molecule has 0 radical (unpaired) electrons. The highest BCUT2D eigenvalue weighted by molar-refractivity contribution is 5.36. The highest BCUT2D eigenvalue weighted by Gasteiger charge is 2.24.